The minimum atomic E-state index is -1.12. The van der Waals surface area contributed by atoms with Crippen molar-refractivity contribution in [2.75, 3.05) is 19.6 Å². The number of nitrogens with two attached hydrogens (primary N) is 1. The summed E-state index contributed by atoms with van der Waals surface area (Å²) in [5.41, 5.74) is 4.06. The van der Waals surface area contributed by atoms with Crippen molar-refractivity contribution in [1.29, 1.82) is 0 Å². The fourth-order valence-corrected chi connectivity index (χ4v) is 2.83. The molecule has 1 aliphatic heterocycles. The standard InChI is InChI=1S/C11H20N2O3/c12-11(9(14)15)5-6-13(8-11)7-10(16)3-1-2-4-10/h16H,1-8,12H2,(H,14,15). The van der Waals surface area contributed by atoms with Crippen LogP contribution in [0.1, 0.15) is 32.1 Å². The Hall–Kier alpha value is -0.650. The molecule has 1 saturated heterocycles. The van der Waals surface area contributed by atoms with E-state index in [1.807, 2.05) is 4.90 Å². The van der Waals surface area contributed by atoms with Crippen molar-refractivity contribution in [3.8, 4) is 0 Å². The summed E-state index contributed by atoms with van der Waals surface area (Å²) in [7, 11) is 0. The fraction of sp³-hybridized carbons (Fsp3) is 0.909. The predicted octanol–water partition coefficient (Wildman–Crippen LogP) is -0.221. The summed E-state index contributed by atoms with van der Waals surface area (Å²) in [4.78, 5) is 13.0. The molecule has 92 valence electrons. The van der Waals surface area contributed by atoms with Crippen LogP contribution in [0.25, 0.3) is 0 Å². The van der Waals surface area contributed by atoms with Gasteiger partial charge in [-0.2, -0.15) is 0 Å². The van der Waals surface area contributed by atoms with E-state index in [4.69, 9.17) is 10.8 Å². The van der Waals surface area contributed by atoms with Gasteiger partial charge in [-0.15, -0.1) is 0 Å². The van der Waals surface area contributed by atoms with Crippen LogP contribution in [-0.2, 0) is 4.79 Å². The number of β-amino-alcohol motifs (C(OH)–C–C–N with tert-alkyl or cyclic N) is 1. The lowest BCUT2D eigenvalue weighted by Crippen LogP contribution is -2.51. The number of nitrogens with zero attached hydrogens (tertiary/aromatic N) is 1. The van der Waals surface area contributed by atoms with Gasteiger partial charge in [0.05, 0.1) is 5.60 Å². The van der Waals surface area contributed by atoms with Gasteiger partial charge in [0.2, 0.25) is 0 Å². The average Bonchev–Trinajstić information content (AvgIpc) is 2.75. The first-order chi connectivity index (χ1) is 7.44. The number of carbonyl (C=O) groups is 1. The molecule has 2 aliphatic rings. The molecule has 1 aliphatic carbocycles. The molecule has 4 N–H and O–H groups in total. The zero-order chi connectivity index (χ0) is 11.8. The van der Waals surface area contributed by atoms with Crippen LogP contribution in [0, 0.1) is 0 Å². The maximum atomic E-state index is 11.0. The molecule has 2 rings (SSSR count). The number of rotatable bonds is 3. The van der Waals surface area contributed by atoms with E-state index in [9.17, 15) is 9.90 Å². The summed E-state index contributed by atoms with van der Waals surface area (Å²) in [6.45, 7) is 1.59. The summed E-state index contributed by atoms with van der Waals surface area (Å²) in [5, 5.41) is 19.2. The zero-order valence-electron chi connectivity index (χ0n) is 9.48. The average molecular weight is 228 g/mol. The molecule has 1 unspecified atom stereocenters. The van der Waals surface area contributed by atoms with Gasteiger partial charge in [-0.1, -0.05) is 12.8 Å². The van der Waals surface area contributed by atoms with Crippen LogP contribution >= 0.6 is 0 Å². The molecule has 5 heteroatoms. The van der Waals surface area contributed by atoms with Crippen LogP contribution in [-0.4, -0.2) is 51.9 Å². The highest BCUT2D eigenvalue weighted by molar-refractivity contribution is 5.79. The third kappa shape index (κ3) is 2.21. The number of hydrogen-bond acceptors (Lipinski definition) is 4. The normalized spacial score (nSPS) is 34.4. The minimum absolute atomic E-state index is 0.352. The van der Waals surface area contributed by atoms with Crippen molar-refractivity contribution in [2.45, 2.75) is 43.2 Å². The smallest absolute Gasteiger partial charge is 0.325 e. The lowest BCUT2D eigenvalue weighted by Gasteiger charge is -2.29. The molecule has 2 fully saturated rings. The van der Waals surface area contributed by atoms with E-state index >= 15 is 0 Å². The second-order valence-electron chi connectivity index (χ2n) is 5.35. The van der Waals surface area contributed by atoms with Crippen LogP contribution in [0.3, 0.4) is 0 Å². The number of likely N-dealkylation sites (tertiary alicyclic amines) is 1. The van der Waals surface area contributed by atoms with Crippen molar-refractivity contribution in [2.24, 2.45) is 5.73 Å². The fourth-order valence-electron chi connectivity index (χ4n) is 2.83. The van der Waals surface area contributed by atoms with E-state index < -0.39 is 17.1 Å². The summed E-state index contributed by atoms with van der Waals surface area (Å²) in [6, 6.07) is 0. The van der Waals surface area contributed by atoms with Gasteiger partial charge in [0, 0.05) is 19.6 Å². The Labute approximate surface area is 95.2 Å². The highest BCUT2D eigenvalue weighted by atomic mass is 16.4. The molecule has 0 aromatic heterocycles. The van der Waals surface area contributed by atoms with Crippen molar-refractivity contribution in [3.05, 3.63) is 0 Å². The van der Waals surface area contributed by atoms with Gasteiger partial charge in [-0.05, 0) is 19.3 Å². The summed E-state index contributed by atoms with van der Waals surface area (Å²) in [6.07, 6.45) is 4.26. The molecule has 1 atom stereocenters. The van der Waals surface area contributed by atoms with E-state index in [0.29, 0.717) is 26.1 Å². The molecule has 5 nitrogen and oxygen atoms in total. The van der Waals surface area contributed by atoms with Crippen LogP contribution in [0.4, 0.5) is 0 Å². The molecule has 0 aromatic rings. The number of aliphatic hydroxyl groups is 1. The minimum Gasteiger partial charge on any atom is -0.480 e. The Balaban J connectivity index is 1.92. The molecule has 0 radical (unpaired) electrons. The van der Waals surface area contributed by atoms with Crippen LogP contribution in [0.2, 0.25) is 0 Å². The van der Waals surface area contributed by atoms with Gasteiger partial charge >= 0.3 is 5.97 Å². The van der Waals surface area contributed by atoms with E-state index in [1.165, 1.54) is 0 Å². The van der Waals surface area contributed by atoms with Crippen LogP contribution in [0.15, 0.2) is 0 Å². The van der Waals surface area contributed by atoms with Gasteiger partial charge in [-0.25, -0.2) is 0 Å². The maximum absolute atomic E-state index is 11.0. The molecule has 16 heavy (non-hydrogen) atoms. The Morgan fingerprint density at radius 2 is 1.94 bits per heavy atom. The zero-order valence-corrected chi connectivity index (χ0v) is 9.48. The number of hydrogen-bond donors (Lipinski definition) is 3. The maximum Gasteiger partial charge on any atom is 0.325 e. The first-order valence-electron chi connectivity index (χ1n) is 5.91. The highest BCUT2D eigenvalue weighted by Gasteiger charge is 2.43. The quantitative estimate of drug-likeness (QED) is 0.621. The molecule has 0 amide bonds. The lowest BCUT2D eigenvalue weighted by atomic mass is 10.0. The number of carboxylic acid groups (broad SMARTS) is 1. The molecular weight excluding hydrogens is 208 g/mol. The highest BCUT2D eigenvalue weighted by Crippen LogP contribution is 2.32. The van der Waals surface area contributed by atoms with Crippen molar-refractivity contribution >= 4 is 5.97 Å². The monoisotopic (exact) mass is 228 g/mol. The lowest BCUT2D eigenvalue weighted by molar-refractivity contribution is -0.142. The van der Waals surface area contributed by atoms with Gasteiger partial charge < -0.3 is 15.9 Å². The van der Waals surface area contributed by atoms with E-state index in [0.717, 1.165) is 25.7 Å². The third-order valence-electron chi connectivity index (χ3n) is 3.86. The molecule has 1 saturated carbocycles. The van der Waals surface area contributed by atoms with Gasteiger partial charge in [0.15, 0.2) is 0 Å². The molecule has 0 bridgehead atoms. The topological polar surface area (TPSA) is 86.8 Å². The van der Waals surface area contributed by atoms with E-state index in [2.05, 4.69) is 0 Å². The summed E-state index contributed by atoms with van der Waals surface area (Å²) < 4.78 is 0. The van der Waals surface area contributed by atoms with Gasteiger partial charge in [0.25, 0.3) is 0 Å². The van der Waals surface area contributed by atoms with E-state index in [1.54, 1.807) is 0 Å². The second kappa shape index (κ2) is 3.98. The first kappa shape index (κ1) is 11.8. The number of aliphatic carboxylic acids is 1. The Morgan fingerprint density at radius 3 is 2.44 bits per heavy atom. The molecule has 1 heterocycles. The molecular formula is C11H20N2O3. The summed E-state index contributed by atoms with van der Waals surface area (Å²) >= 11 is 0. The molecule has 0 spiro atoms. The predicted molar refractivity (Wildman–Crippen MR) is 59.0 cm³/mol. The van der Waals surface area contributed by atoms with Crippen LogP contribution < -0.4 is 5.73 Å². The second-order valence-corrected chi connectivity index (χ2v) is 5.35. The largest absolute Gasteiger partial charge is 0.480 e. The van der Waals surface area contributed by atoms with Gasteiger partial charge in [-0.3, -0.25) is 9.69 Å². The van der Waals surface area contributed by atoms with E-state index in [-0.39, 0.29) is 0 Å². The Kier molecular flexibility index (Phi) is 2.94. The van der Waals surface area contributed by atoms with Crippen molar-refractivity contribution < 1.29 is 15.0 Å². The number of carboxylic acids is 1. The Bertz CT molecular complexity index is 289. The summed E-state index contributed by atoms with van der Waals surface area (Å²) in [5.74, 6) is -0.937. The Morgan fingerprint density at radius 1 is 1.31 bits per heavy atom. The van der Waals surface area contributed by atoms with Crippen molar-refractivity contribution in [1.82, 2.24) is 4.90 Å². The molecule has 0 aromatic carbocycles. The van der Waals surface area contributed by atoms with Crippen molar-refractivity contribution in [3.63, 3.8) is 0 Å². The third-order valence-corrected chi connectivity index (χ3v) is 3.86. The van der Waals surface area contributed by atoms with Crippen LogP contribution in [0.5, 0.6) is 0 Å². The first-order valence-corrected chi connectivity index (χ1v) is 5.91. The van der Waals surface area contributed by atoms with Gasteiger partial charge in [0.1, 0.15) is 5.54 Å². The SMILES string of the molecule is NC1(C(=O)O)CCN(CC2(O)CCCC2)C1.